The second-order valence-electron chi connectivity index (χ2n) is 7.21. The monoisotopic (exact) mass is 357 g/mol. The topological polar surface area (TPSA) is 49.9 Å². The second-order valence-corrected chi connectivity index (χ2v) is 7.21. The third-order valence-corrected chi connectivity index (χ3v) is 5.14. The summed E-state index contributed by atoms with van der Waals surface area (Å²) in [6, 6.07) is 5.38. The van der Waals surface area contributed by atoms with Gasteiger partial charge in [-0.3, -0.25) is 0 Å². The molecule has 1 fully saturated rings. The summed E-state index contributed by atoms with van der Waals surface area (Å²) in [6.07, 6.45) is 5.46. The van der Waals surface area contributed by atoms with E-state index in [1.807, 2.05) is 0 Å². The summed E-state index contributed by atoms with van der Waals surface area (Å²) in [5, 5.41) is 4.08. The number of H-pyrrole nitrogens is 1. The molecule has 2 N–H and O–H groups in total. The lowest BCUT2D eigenvalue weighted by atomic mass is 9.82. The van der Waals surface area contributed by atoms with Crippen LogP contribution in [0.1, 0.15) is 19.8 Å². The van der Waals surface area contributed by atoms with Gasteiger partial charge in [0.25, 0.3) is 0 Å². The third kappa shape index (κ3) is 3.17. The van der Waals surface area contributed by atoms with E-state index < -0.39 is 11.6 Å². The van der Waals surface area contributed by atoms with Crippen LogP contribution in [0, 0.1) is 17.0 Å². The van der Waals surface area contributed by atoms with Crippen LogP contribution in [0.15, 0.2) is 36.7 Å². The van der Waals surface area contributed by atoms with E-state index >= 15 is 0 Å². The Morgan fingerprint density at radius 3 is 2.73 bits per heavy atom. The maximum absolute atomic E-state index is 14.3. The normalized spacial score (nSPS) is 16.7. The average Bonchev–Trinajstić information content (AvgIpc) is 3.05. The number of benzene rings is 1. The van der Waals surface area contributed by atoms with Crippen molar-refractivity contribution in [2.24, 2.45) is 5.41 Å². The van der Waals surface area contributed by atoms with Crippen molar-refractivity contribution in [1.82, 2.24) is 15.3 Å². The molecule has 0 saturated carbocycles. The fraction of sp³-hybridized carbons (Fsp3) is 0.350. The number of aromatic nitrogens is 2. The number of hydrogen-bond acceptors (Lipinski definition) is 3. The van der Waals surface area contributed by atoms with Gasteiger partial charge in [-0.05, 0) is 44.1 Å². The molecule has 0 radical (unpaired) electrons. The van der Waals surface area contributed by atoms with Crippen LogP contribution in [-0.2, 0) is 0 Å². The first-order valence-electron chi connectivity index (χ1n) is 8.81. The van der Waals surface area contributed by atoms with Crippen molar-refractivity contribution in [1.29, 1.82) is 0 Å². The molecule has 6 heteroatoms. The Morgan fingerprint density at radius 2 is 1.96 bits per heavy atom. The van der Waals surface area contributed by atoms with E-state index in [9.17, 15) is 8.78 Å². The molecule has 136 valence electrons. The number of piperidine rings is 1. The van der Waals surface area contributed by atoms with Crippen LogP contribution in [0.3, 0.4) is 0 Å². The molecule has 0 unspecified atom stereocenters. The average molecular weight is 357 g/mol. The van der Waals surface area contributed by atoms with Crippen molar-refractivity contribution >= 4 is 11.0 Å². The predicted molar refractivity (Wildman–Crippen MR) is 97.2 cm³/mol. The minimum Gasteiger partial charge on any atom is -0.492 e. The van der Waals surface area contributed by atoms with E-state index in [-0.39, 0.29) is 5.41 Å². The van der Waals surface area contributed by atoms with E-state index in [1.54, 1.807) is 18.5 Å². The van der Waals surface area contributed by atoms with Gasteiger partial charge in [-0.1, -0.05) is 6.92 Å². The Labute approximate surface area is 150 Å². The largest absolute Gasteiger partial charge is 0.492 e. The fourth-order valence-corrected chi connectivity index (χ4v) is 3.49. The number of rotatable bonds is 4. The molecule has 1 aliphatic rings. The first-order chi connectivity index (χ1) is 12.6. The molecule has 3 heterocycles. The molecule has 1 aromatic carbocycles. The van der Waals surface area contributed by atoms with E-state index in [4.69, 9.17) is 4.74 Å². The van der Waals surface area contributed by atoms with Crippen molar-refractivity contribution in [2.45, 2.75) is 19.8 Å². The van der Waals surface area contributed by atoms with Crippen LogP contribution in [0.4, 0.5) is 8.78 Å². The van der Waals surface area contributed by atoms with Crippen LogP contribution >= 0.6 is 0 Å². The quantitative estimate of drug-likeness (QED) is 0.733. The van der Waals surface area contributed by atoms with Crippen molar-refractivity contribution in [3.05, 3.63) is 48.3 Å². The molecule has 26 heavy (non-hydrogen) atoms. The van der Waals surface area contributed by atoms with Gasteiger partial charge in [-0.25, -0.2) is 13.8 Å². The summed E-state index contributed by atoms with van der Waals surface area (Å²) in [4.78, 5) is 7.36. The van der Waals surface area contributed by atoms with Crippen molar-refractivity contribution in [2.75, 3.05) is 19.7 Å². The van der Waals surface area contributed by atoms with Crippen LogP contribution in [-0.4, -0.2) is 29.7 Å². The number of aromatic amines is 1. The SMILES string of the molecule is CC1(COc2ccnc3[nH]cc(-c4ccc(F)cc4F)c23)CCNCC1. The molecule has 0 amide bonds. The lowest BCUT2D eigenvalue weighted by Gasteiger charge is -2.33. The number of fused-ring (bicyclic) bond motifs is 1. The summed E-state index contributed by atoms with van der Waals surface area (Å²) in [6.45, 7) is 4.79. The van der Waals surface area contributed by atoms with Crippen molar-refractivity contribution in [3.63, 3.8) is 0 Å². The summed E-state index contributed by atoms with van der Waals surface area (Å²) < 4.78 is 33.7. The Hall–Kier alpha value is -2.47. The third-order valence-electron chi connectivity index (χ3n) is 5.14. The molecule has 3 aromatic rings. The molecule has 1 saturated heterocycles. The molecule has 0 bridgehead atoms. The zero-order chi connectivity index (χ0) is 18.1. The Bertz CT molecular complexity index is 932. The smallest absolute Gasteiger partial charge is 0.141 e. The highest BCUT2D eigenvalue weighted by Gasteiger charge is 2.28. The van der Waals surface area contributed by atoms with Crippen LogP contribution in [0.2, 0.25) is 0 Å². The molecule has 1 aliphatic heterocycles. The highest BCUT2D eigenvalue weighted by molar-refractivity contribution is 5.98. The maximum Gasteiger partial charge on any atom is 0.141 e. The molecule has 0 atom stereocenters. The number of hydrogen-bond donors (Lipinski definition) is 2. The molecule has 0 aliphatic carbocycles. The van der Waals surface area contributed by atoms with Gasteiger partial charge in [0.1, 0.15) is 23.0 Å². The van der Waals surface area contributed by atoms with E-state index in [0.717, 1.165) is 37.4 Å². The van der Waals surface area contributed by atoms with Gasteiger partial charge in [0.2, 0.25) is 0 Å². The molecule has 4 rings (SSSR count). The predicted octanol–water partition coefficient (Wildman–Crippen LogP) is 4.28. The Kier molecular flexibility index (Phi) is 4.36. The summed E-state index contributed by atoms with van der Waals surface area (Å²) in [5.74, 6) is -0.541. The van der Waals surface area contributed by atoms with Gasteiger partial charge in [-0.15, -0.1) is 0 Å². The number of halogens is 2. The Balaban J connectivity index is 1.70. The van der Waals surface area contributed by atoms with E-state index in [0.29, 0.717) is 29.1 Å². The lowest BCUT2D eigenvalue weighted by Crippen LogP contribution is -2.38. The van der Waals surface area contributed by atoms with Crippen LogP contribution in [0.25, 0.3) is 22.2 Å². The van der Waals surface area contributed by atoms with Crippen molar-refractivity contribution < 1.29 is 13.5 Å². The first kappa shape index (κ1) is 17.0. The van der Waals surface area contributed by atoms with Gasteiger partial charge < -0.3 is 15.0 Å². The van der Waals surface area contributed by atoms with Crippen LogP contribution < -0.4 is 10.1 Å². The van der Waals surface area contributed by atoms with E-state index in [2.05, 4.69) is 22.2 Å². The molecular weight excluding hydrogens is 336 g/mol. The van der Waals surface area contributed by atoms with Gasteiger partial charge >= 0.3 is 0 Å². The maximum atomic E-state index is 14.3. The van der Waals surface area contributed by atoms with E-state index in [1.165, 1.54) is 12.1 Å². The fourth-order valence-electron chi connectivity index (χ4n) is 3.49. The lowest BCUT2D eigenvalue weighted by molar-refractivity contribution is 0.124. The first-order valence-corrected chi connectivity index (χ1v) is 8.81. The zero-order valence-electron chi connectivity index (χ0n) is 14.6. The minimum atomic E-state index is -0.606. The standard InChI is InChI=1S/C20H21F2N3O/c1-20(5-8-23-9-6-20)12-26-17-4-7-24-19-18(17)15(11-25-19)14-3-2-13(21)10-16(14)22/h2-4,7,10-11,23H,5-6,8-9,12H2,1H3,(H,24,25). The summed E-state index contributed by atoms with van der Waals surface area (Å²) >= 11 is 0. The highest BCUT2D eigenvalue weighted by Crippen LogP contribution is 2.37. The molecule has 0 spiro atoms. The number of nitrogens with zero attached hydrogens (tertiary/aromatic N) is 1. The second kappa shape index (κ2) is 6.68. The van der Waals surface area contributed by atoms with Gasteiger partial charge in [0.05, 0.1) is 12.0 Å². The van der Waals surface area contributed by atoms with Gasteiger partial charge in [-0.2, -0.15) is 0 Å². The van der Waals surface area contributed by atoms with Gasteiger partial charge in [0, 0.05) is 35.0 Å². The summed E-state index contributed by atoms with van der Waals surface area (Å²) in [7, 11) is 0. The highest BCUT2D eigenvalue weighted by atomic mass is 19.1. The van der Waals surface area contributed by atoms with Gasteiger partial charge in [0.15, 0.2) is 0 Å². The van der Waals surface area contributed by atoms with Crippen LogP contribution in [0.5, 0.6) is 5.75 Å². The number of ether oxygens (including phenoxy) is 1. The molecular formula is C20H21F2N3O. The zero-order valence-corrected chi connectivity index (χ0v) is 14.6. The summed E-state index contributed by atoms with van der Waals surface area (Å²) in [5.41, 5.74) is 1.68. The number of pyridine rings is 1. The Morgan fingerprint density at radius 1 is 1.15 bits per heavy atom. The molecule has 2 aromatic heterocycles. The minimum absolute atomic E-state index is 0.110. The number of nitrogens with one attached hydrogen (secondary N) is 2. The van der Waals surface area contributed by atoms with Crippen molar-refractivity contribution in [3.8, 4) is 16.9 Å². The molecule has 4 nitrogen and oxygen atoms in total.